The third kappa shape index (κ3) is 3.52. The zero-order chi connectivity index (χ0) is 20.0. The van der Waals surface area contributed by atoms with Gasteiger partial charge in [-0.2, -0.15) is 0 Å². The van der Waals surface area contributed by atoms with Crippen LogP contribution in [0.1, 0.15) is 24.8 Å². The third-order valence-electron chi connectivity index (χ3n) is 5.55. The molecule has 0 amide bonds. The number of rotatable bonds is 4. The highest BCUT2D eigenvalue weighted by molar-refractivity contribution is 7.20. The van der Waals surface area contributed by atoms with Crippen LogP contribution in [0.25, 0.3) is 16.2 Å². The number of anilines is 1. The lowest BCUT2D eigenvalue weighted by Crippen LogP contribution is -2.36. The molecule has 3 aromatic heterocycles. The number of hydrogen-bond acceptors (Lipinski definition) is 6. The minimum Gasteiger partial charge on any atom is -0.385 e. The number of hydrogen-bond donors (Lipinski definition) is 1. The molecule has 1 aliphatic rings. The number of piperidine rings is 1. The molecule has 5 rings (SSSR count). The highest BCUT2D eigenvalue weighted by Gasteiger charge is 2.29. The summed E-state index contributed by atoms with van der Waals surface area (Å²) in [4.78, 5) is 12.2. The summed E-state index contributed by atoms with van der Waals surface area (Å²) >= 11 is 7.56. The van der Waals surface area contributed by atoms with Gasteiger partial charge in [-0.1, -0.05) is 35.1 Å². The Hall–Kier alpha value is -2.42. The molecule has 9 heteroatoms. The number of aliphatic hydroxyl groups is 1. The van der Waals surface area contributed by atoms with Crippen LogP contribution in [-0.4, -0.2) is 42.3 Å². The van der Waals surface area contributed by atoms with Crippen molar-refractivity contribution in [2.45, 2.75) is 18.9 Å². The molecule has 1 N–H and O–H groups in total. The number of halogens is 1. The predicted molar refractivity (Wildman–Crippen MR) is 114 cm³/mol. The molecule has 29 heavy (non-hydrogen) atoms. The van der Waals surface area contributed by atoms with E-state index in [1.54, 1.807) is 17.5 Å². The summed E-state index contributed by atoms with van der Waals surface area (Å²) in [6.45, 7) is 1.74. The van der Waals surface area contributed by atoms with Gasteiger partial charge in [-0.15, -0.1) is 5.10 Å². The molecule has 1 unspecified atom stereocenters. The van der Waals surface area contributed by atoms with E-state index in [4.69, 9.17) is 21.7 Å². The lowest BCUT2D eigenvalue weighted by atomic mass is 9.91. The Balaban J connectivity index is 1.28. The van der Waals surface area contributed by atoms with E-state index < -0.39 is 6.10 Å². The van der Waals surface area contributed by atoms with Crippen molar-refractivity contribution >= 4 is 33.0 Å². The molecule has 7 nitrogen and oxygen atoms in total. The Morgan fingerprint density at radius 3 is 2.62 bits per heavy atom. The van der Waals surface area contributed by atoms with Crippen LogP contribution in [0.3, 0.4) is 0 Å². The minimum absolute atomic E-state index is 0.216. The highest BCUT2D eigenvalue weighted by Crippen LogP contribution is 2.34. The molecule has 1 saturated heterocycles. The van der Waals surface area contributed by atoms with E-state index in [-0.39, 0.29) is 5.92 Å². The van der Waals surface area contributed by atoms with Crippen LogP contribution >= 0.6 is 22.9 Å². The van der Waals surface area contributed by atoms with Gasteiger partial charge in [0.25, 0.3) is 0 Å². The molecule has 0 radical (unpaired) electrons. The van der Waals surface area contributed by atoms with Crippen molar-refractivity contribution in [3.05, 3.63) is 53.7 Å². The fourth-order valence-electron chi connectivity index (χ4n) is 3.86. The standard InChI is InChI=1S/C20H21ClN6OS/c1-25-11-8-22-18(25)17(28)14-6-9-26(10-7-14)20-24-27-12-16(23-19(27)29-20)13-2-4-15(21)5-3-13/h2-5,8,11-12,14,17,28H,6-7,9-10H2,1H3. The molecule has 1 aliphatic heterocycles. The number of aromatic nitrogens is 5. The molecule has 0 aliphatic carbocycles. The topological polar surface area (TPSA) is 71.5 Å². The maximum absolute atomic E-state index is 10.7. The van der Waals surface area contributed by atoms with Gasteiger partial charge in [0.05, 0.1) is 11.9 Å². The quantitative estimate of drug-likeness (QED) is 0.535. The maximum Gasteiger partial charge on any atom is 0.214 e. The van der Waals surface area contributed by atoms with Gasteiger partial charge in [0.2, 0.25) is 10.1 Å². The normalized spacial score (nSPS) is 16.6. The van der Waals surface area contributed by atoms with Crippen LogP contribution in [0.5, 0.6) is 0 Å². The van der Waals surface area contributed by atoms with Gasteiger partial charge >= 0.3 is 0 Å². The highest BCUT2D eigenvalue weighted by atomic mass is 35.5. The van der Waals surface area contributed by atoms with Crippen molar-refractivity contribution in [3.8, 4) is 11.3 Å². The minimum atomic E-state index is -0.521. The van der Waals surface area contributed by atoms with E-state index in [0.717, 1.165) is 53.1 Å². The first-order valence-corrected chi connectivity index (χ1v) is 10.8. The summed E-state index contributed by atoms with van der Waals surface area (Å²) < 4.78 is 3.74. The van der Waals surface area contributed by atoms with E-state index in [1.165, 1.54) is 0 Å². The molecule has 0 saturated carbocycles. The summed E-state index contributed by atoms with van der Waals surface area (Å²) in [7, 11) is 1.92. The summed E-state index contributed by atoms with van der Waals surface area (Å²) in [5.74, 6) is 0.957. The largest absolute Gasteiger partial charge is 0.385 e. The van der Waals surface area contributed by atoms with Crippen LogP contribution in [-0.2, 0) is 7.05 Å². The van der Waals surface area contributed by atoms with E-state index in [2.05, 4.69) is 9.88 Å². The number of imidazole rings is 2. The zero-order valence-corrected chi connectivity index (χ0v) is 17.5. The van der Waals surface area contributed by atoms with E-state index in [9.17, 15) is 5.11 Å². The van der Waals surface area contributed by atoms with Crippen molar-refractivity contribution in [1.29, 1.82) is 0 Å². The second kappa shape index (κ2) is 7.44. The summed E-state index contributed by atoms with van der Waals surface area (Å²) in [6.07, 6.45) is 6.86. The monoisotopic (exact) mass is 428 g/mol. The Morgan fingerprint density at radius 1 is 1.21 bits per heavy atom. The van der Waals surface area contributed by atoms with Crippen LogP contribution in [0.15, 0.2) is 42.9 Å². The first kappa shape index (κ1) is 18.6. The average Bonchev–Trinajstić information content (AvgIpc) is 3.43. The van der Waals surface area contributed by atoms with Gasteiger partial charge < -0.3 is 14.6 Å². The number of fused-ring (bicyclic) bond motifs is 1. The molecule has 150 valence electrons. The molecule has 1 fully saturated rings. The second-order valence-electron chi connectivity index (χ2n) is 7.41. The molecule has 1 aromatic carbocycles. The maximum atomic E-state index is 10.7. The Morgan fingerprint density at radius 2 is 1.97 bits per heavy atom. The average molecular weight is 429 g/mol. The molecular weight excluding hydrogens is 408 g/mol. The Bertz CT molecular complexity index is 1090. The predicted octanol–water partition coefficient (Wildman–Crippen LogP) is 3.79. The van der Waals surface area contributed by atoms with Crippen molar-refractivity contribution < 1.29 is 5.11 Å². The van der Waals surface area contributed by atoms with Crippen LogP contribution in [0.2, 0.25) is 5.02 Å². The number of aliphatic hydroxyl groups excluding tert-OH is 1. The smallest absolute Gasteiger partial charge is 0.214 e. The molecule has 4 aromatic rings. The van der Waals surface area contributed by atoms with E-state index in [1.807, 2.05) is 52.8 Å². The SMILES string of the molecule is Cn1ccnc1C(O)C1CCN(c2nn3cc(-c4ccc(Cl)cc4)nc3s2)CC1. The molecular formula is C20H21ClN6OS. The van der Waals surface area contributed by atoms with Gasteiger partial charge in [-0.25, -0.2) is 14.5 Å². The Kier molecular flexibility index (Phi) is 4.77. The zero-order valence-electron chi connectivity index (χ0n) is 15.9. The van der Waals surface area contributed by atoms with Crippen LogP contribution < -0.4 is 4.90 Å². The van der Waals surface area contributed by atoms with E-state index in [0.29, 0.717) is 5.02 Å². The lowest BCUT2D eigenvalue weighted by molar-refractivity contribution is 0.0825. The van der Waals surface area contributed by atoms with Gasteiger partial charge in [0.1, 0.15) is 11.9 Å². The third-order valence-corrected chi connectivity index (χ3v) is 6.79. The number of benzene rings is 1. The summed E-state index contributed by atoms with van der Waals surface area (Å²) in [5, 5.41) is 17.1. The fraction of sp³-hybridized carbons (Fsp3) is 0.350. The second-order valence-corrected chi connectivity index (χ2v) is 8.78. The van der Waals surface area contributed by atoms with Crippen molar-refractivity contribution in [3.63, 3.8) is 0 Å². The lowest BCUT2D eigenvalue weighted by Gasteiger charge is -2.33. The van der Waals surface area contributed by atoms with E-state index >= 15 is 0 Å². The van der Waals surface area contributed by atoms with Crippen LogP contribution in [0, 0.1) is 5.92 Å². The number of nitrogens with zero attached hydrogens (tertiary/aromatic N) is 6. The first-order valence-electron chi connectivity index (χ1n) is 9.61. The van der Waals surface area contributed by atoms with Gasteiger partial charge in [-0.3, -0.25) is 0 Å². The van der Waals surface area contributed by atoms with Gasteiger partial charge in [0.15, 0.2) is 0 Å². The van der Waals surface area contributed by atoms with Crippen molar-refractivity contribution in [1.82, 2.24) is 24.1 Å². The molecule has 0 spiro atoms. The van der Waals surface area contributed by atoms with Gasteiger partial charge in [0, 0.05) is 43.1 Å². The fourth-order valence-corrected chi connectivity index (χ4v) is 4.92. The van der Waals surface area contributed by atoms with Gasteiger partial charge in [-0.05, 0) is 30.9 Å². The summed E-state index contributed by atoms with van der Waals surface area (Å²) in [6, 6.07) is 7.67. The van der Waals surface area contributed by atoms with Crippen molar-refractivity contribution in [2.75, 3.05) is 18.0 Å². The Labute approximate surface area is 177 Å². The molecule has 0 bridgehead atoms. The number of aryl methyl sites for hydroxylation is 1. The van der Waals surface area contributed by atoms with Crippen molar-refractivity contribution in [2.24, 2.45) is 13.0 Å². The first-order chi connectivity index (χ1) is 14.1. The summed E-state index contributed by atoms with van der Waals surface area (Å²) in [5.41, 5.74) is 1.92. The molecule has 4 heterocycles. The van der Waals surface area contributed by atoms with Crippen LogP contribution in [0.4, 0.5) is 5.13 Å². The molecule has 1 atom stereocenters.